The molecular formula is C19H14N2. The summed E-state index contributed by atoms with van der Waals surface area (Å²) in [6, 6.07) is 22.0. The third kappa shape index (κ3) is 2.54. The van der Waals surface area contributed by atoms with Crippen molar-refractivity contribution in [2.75, 3.05) is 0 Å². The van der Waals surface area contributed by atoms with Crippen molar-refractivity contribution in [1.82, 2.24) is 4.98 Å². The third-order valence-corrected chi connectivity index (χ3v) is 3.53. The van der Waals surface area contributed by atoms with Crippen LogP contribution in [0.25, 0.3) is 22.4 Å². The minimum Gasteiger partial charge on any atom is -0.256 e. The lowest BCUT2D eigenvalue weighted by atomic mass is 9.96. The predicted octanol–water partition coefficient (Wildman–Crippen LogP) is 4.60. The van der Waals surface area contributed by atoms with Gasteiger partial charge in [0.05, 0.1) is 17.3 Å². The Morgan fingerprint density at radius 2 is 1.57 bits per heavy atom. The van der Waals surface area contributed by atoms with Crippen LogP contribution in [0.15, 0.2) is 66.9 Å². The molecule has 2 aromatic carbocycles. The summed E-state index contributed by atoms with van der Waals surface area (Å²) in [5, 5.41) is 8.91. The van der Waals surface area contributed by atoms with Crippen LogP contribution in [0.1, 0.15) is 11.1 Å². The average Bonchev–Trinajstić information content (AvgIpc) is 2.55. The van der Waals surface area contributed by atoms with Gasteiger partial charge in [-0.25, -0.2) is 0 Å². The molecule has 3 aromatic rings. The highest BCUT2D eigenvalue weighted by Crippen LogP contribution is 2.31. The molecule has 0 saturated heterocycles. The summed E-state index contributed by atoms with van der Waals surface area (Å²) in [7, 11) is 0. The molecule has 0 N–H and O–H groups in total. The van der Waals surface area contributed by atoms with E-state index in [4.69, 9.17) is 5.26 Å². The van der Waals surface area contributed by atoms with Crippen LogP contribution in [0.4, 0.5) is 0 Å². The summed E-state index contributed by atoms with van der Waals surface area (Å²) in [5.74, 6) is 0. The second kappa shape index (κ2) is 5.60. The smallest absolute Gasteiger partial charge is 0.0991 e. The molecule has 2 heteroatoms. The lowest BCUT2D eigenvalue weighted by Gasteiger charge is -2.11. The number of rotatable bonds is 2. The zero-order valence-electron chi connectivity index (χ0n) is 11.7. The Morgan fingerprint density at radius 3 is 2.29 bits per heavy atom. The van der Waals surface area contributed by atoms with Crippen molar-refractivity contribution in [2.45, 2.75) is 6.92 Å². The van der Waals surface area contributed by atoms with E-state index in [2.05, 4.69) is 36.2 Å². The van der Waals surface area contributed by atoms with Crippen LogP contribution in [-0.4, -0.2) is 4.98 Å². The van der Waals surface area contributed by atoms with Crippen molar-refractivity contribution >= 4 is 0 Å². The zero-order valence-corrected chi connectivity index (χ0v) is 11.7. The summed E-state index contributed by atoms with van der Waals surface area (Å²) in [6.45, 7) is 2.09. The summed E-state index contributed by atoms with van der Waals surface area (Å²) < 4.78 is 0. The number of nitrogens with zero attached hydrogens (tertiary/aromatic N) is 2. The fraction of sp³-hybridized carbons (Fsp3) is 0.0526. The van der Waals surface area contributed by atoms with Crippen molar-refractivity contribution in [3.05, 3.63) is 78.0 Å². The molecule has 1 aromatic heterocycles. The second-order valence-electron chi connectivity index (χ2n) is 4.90. The number of aromatic nitrogens is 1. The molecule has 0 unspecified atom stereocenters. The van der Waals surface area contributed by atoms with Crippen LogP contribution in [0.3, 0.4) is 0 Å². The molecule has 0 bridgehead atoms. The number of pyridine rings is 1. The number of hydrogen-bond donors (Lipinski definition) is 0. The van der Waals surface area contributed by atoms with E-state index < -0.39 is 0 Å². The van der Waals surface area contributed by atoms with E-state index in [1.54, 1.807) is 0 Å². The van der Waals surface area contributed by atoms with Gasteiger partial charge in [-0.2, -0.15) is 5.26 Å². The van der Waals surface area contributed by atoms with Crippen molar-refractivity contribution in [2.24, 2.45) is 0 Å². The Hall–Kier alpha value is -2.92. The van der Waals surface area contributed by atoms with Gasteiger partial charge in [0.25, 0.3) is 0 Å². The Morgan fingerprint density at radius 1 is 0.857 bits per heavy atom. The molecule has 0 aliphatic heterocycles. The molecule has 1 heterocycles. The number of hydrogen-bond acceptors (Lipinski definition) is 2. The lowest BCUT2D eigenvalue weighted by molar-refractivity contribution is 1.30. The maximum atomic E-state index is 8.91. The van der Waals surface area contributed by atoms with Crippen molar-refractivity contribution in [1.29, 1.82) is 5.26 Å². The molecule has 0 spiro atoms. The van der Waals surface area contributed by atoms with E-state index in [9.17, 15) is 0 Å². The van der Waals surface area contributed by atoms with Crippen LogP contribution in [0, 0.1) is 18.3 Å². The van der Waals surface area contributed by atoms with E-state index in [-0.39, 0.29) is 0 Å². The van der Waals surface area contributed by atoms with Crippen molar-refractivity contribution < 1.29 is 0 Å². The van der Waals surface area contributed by atoms with E-state index in [1.165, 1.54) is 5.56 Å². The normalized spacial score (nSPS) is 10.1. The van der Waals surface area contributed by atoms with E-state index >= 15 is 0 Å². The van der Waals surface area contributed by atoms with Crippen molar-refractivity contribution in [3.63, 3.8) is 0 Å². The fourth-order valence-corrected chi connectivity index (χ4v) is 2.42. The Bertz CT molecular complexity index is 811. The van der Waals surface area contributed by atoms with E-state index in [0.717, 1.165) is 22.4 Å². The highest BCUT2D eigenvalue weighted by Gasteiger charge is 2.10. The molecule has 0 amide bonds. The first-order valence-electron chi connectivity index (χ1n) is 6.81. The monoisotopic (exact) mass is 270 g/mol. The lowest BCUT2D eigenvalue weighted by Crippen LogP contribution is -1.91. The summed E-state index contributed by atoms with van der Waals surface area (Å²) >= 11 is 0. The Kier molecular flexibility index (Phi) is 3.49. The quantitative estimate of drug-likeness (QED) is 0.682. The molecule has 100 valence electrons. The molecule has 0 fully saturated rings. The van der Waals surface area contributed by atoms with Gasteiger partial charge in [-0.05, 0) is 36.2 Å². The van der Waals surface area contributed by atoms with Crippen LogP contribution in [0.2, 0.25) is 0 Å². The maximum absolute atomic E-state index is 8.91. The molecule has 0 aliphatic carbocycles. The standard InChI is InChI=1S/C19H14N2/c1-14-5-2-3-6-17(14)19-18(7-4-12-21-19)16-10-8-15(13-20)9-11-16/h2-12H,1H3. The molecule has 2 nitrogen and oxygen atoms in total. The van der Waals surface area contributed by atoms with Crippen LogP contribution in [-0.2, 0) is 0 Å². The van der Waals surface area contributed by atoms with Crippen LogP contribution in [0.5, 0.6) is 0 Å². The average molecular weight is 270 g/mol. The molecule has 0 aliphatic rings. The number of nitriles is 1. The fourth-order valence-electron chi connectivity index (χ4n) is 2.42. The molecule has 21 heavy (non-hydrogen) atoms. The first-order valence-corrected chi connectivity index (χ1v) is 6.81. The minimum atomic E-state index is 0.667. The maximum Gasteiger partial charge on any atom is 0.0991 e. The largest absolute Gasteiger partial charge is 0.256 e. The highest BCUT2D eigenvalue weighted by molar-refractivity contribution is 5.82. The summed E-state index contributed by atoms with van der Waals surface area (Å²) in [4.78, 5) is 4.56. The predicted molar refractivity (Wildman–Crippen MR) is 84.6 cm³/mol. The van der Waals surface area contributed by atoms with Gasteiger partial charge in [0, 0.05) is 17.3 Å². The summed E-state index contributed by atoms with van der Waals surface area (Å²) in [5.41, 5.74) is 6.13. The van der Waals surface area contributed by atoms with Gasteiger partial charge >= 0.3 is 0 Å². The van der Waals surface area contributed by atoms with Crippen LogP contribution < -0.4 is 0 Å². The van der Waals surface area contributed by atoms with E-state index in [1.807, 2.05) is 48.7 Å². The molecule has 0 radical (unpaired) electrons. The Labute approximate surface area is 124 Å². The van der Waals surface area contributed by atoms with Gasteiger partial charge in [-0.15, -0.1) is 0 Å². The SMILES string of the molecule is Cc1ccccc1-c1ncccc1-c1ccc(C#N)cc1. The van der Waals surface area contributed by atoms with Crippen LogP contribution >= 0.6 is 0 Å². The highest BCUT2D eigenvalue weighted by atomic mass is 14.7. The molecule has 3 rings (SSSR count). The van der Waals surface area contributed by atoms with Gasteiger partial charge in [-0.3, -0.25) is 4.98 Å². The topological polar surface area (TPSA) is 36.7 Å². The van der Waals surface area contributed by atoms with Crippen molar-refractivity contribution in [3.8, 4) is 28.5 Å². The number of benzene rings is 2. The molecular weight excluding hydrogens is 256 g/mol. The van der Waals surface area contributed by atoms with Gasteiger partial charge in [0.1, 0.15) is 0 Å². The Balaban J connectivity index is 2.16. The minimum absolute atomic E-state index is 0.667. The van der Waals surface area contributed by atoms with Gasteiger partial charge < -0.3 is 0 Å². The molecule has 0 atom stereocenters. The third-order valence-electron chi connectivity index (χ3n) is 3.53. The van der Waals surface area contributed by atoms with Gasteiger partial charge in [-0.1, -0.05) is 42.5 Å². The first-order chi connectivity index (χ1) is 10.3. The van der Waals surface area contributed by atoms with Gasteiger partial charge in [0.15, 0.2) is 0 Å². The van der Waals surface area contributed by atoms with E-state index in [0.29, 0.717) is 5.56 Å². The van der Waals surface area contributed by atoms with Gasteiger partial charge in [0.2, 0.25) is 0 Å². The number of aryl methyl sites for hydroxylation is 1. The zero-order chi connectivity index (χ0) is 14.7. The summed E-state index contributed by atoms with van der Waals surface area (Å²) in [6.07, 6.45) is 1.81. The first kappa shape index (κ1) is 13.1. The molecule has 0 saturated carbocycles. The second-order valence-corrected chi connectivity index (χ2v) is 4.90.